The molecule has 0 aliphatic rings. The van der Waals surface area contributed by atoms with Gasteiger partial charge in [-0.3, -0.25) is 4.55 Å². The first kappa shape index (κ1) is 25.6. The van der Waals surface area contributed by atoms with E-state index in [1.807, 2.05) is 6.07 Å². The topological polar surface area (TPSA) is 86.7 Å². The fourth-order valence-electron chi connectivity index (χ4n) is 2.89. The number of ether oxygens (including phenoxy) is 1. The van der Waals surface area contributed by atoms with E-state index in [0.717, 1.165) is 18.4 Å². The number of aryl methyl sites for hydroxylation is 1. The summed E-state index contributed by atoms with van der Waals surface area (Å²) in [7, 11) is -4.24. The van der Waals surface area contributed by atoms with Crippen molar-refractivity contribution in [3.8, 4) is 17.2 Å². The minimum Gasteiger partial charge on any atom is -0.870 e. The largest absolute Gasteiger partial charge is 1.00 e. The van der Waals surface area contributed by atoms with Crippen molar-refractivity contribution in [3.05, 3.63) is 48.0 Å². The number of rotatable bonds is 11. The van der Waals surface area contributed by atoms with Gasteiger partial charge in [-0.05, 0) is 48.7 Å². The van der Waals surface area contributed by atoms with Crippen LogP contribution in [0.2, 0.25) is 0 Å². The van der Waals surface area contributed by atoms with Gasteiger partial charge in [-0.25, -0.2) is 0 Å². The Labute approximate surface area is 210 Å². The van der Waals surface area contributed by atoms with E-state index in [-0.39, 0.29) is 67.8 Å². The summed E-state index contributed by atoms with van der Waals surface area (Å²) in [5, 5.41) is 12.2. The van der Waals surface area contributed by atoms with Gasteiger partial charge in [-0.2, -0.15) is 8.42 Å². The van der Waals surface area contributed by atoms with E-state index >= 15 is 0 Å². The first-order valence-electron chi connectivity index (χ1n) is 9.45. The number of unbranched alkanes of at least 4 members (excludes halogenated alkanes) is 6. The molecule has 1 N–H and O–H groups in total. The van der Waals surface area contributed by atoms with Gasteiger partial charge in [0.25, 0.3) is 10.1 Å². The van der Waals surface area contributed by atoms with Crippen molar-refractivity contribution in [1.82, 2.24) is 0 Å². The maximum Gasteiger partial charge on any atom is 1.00 e. The molecule has 0 heterocycles. The Hall–Kier alpha value is -0.414. The summed E-state index contributed by atoms with van der Waals surface area (Å²) in [4.78, 5) is -0.220. The van der Waals surface area contributed by atoms with E-state index in [2.05, 4.69) is 6.92 Å². The average Bonchev–Trinajstić information content (AvgIpc) is 2.63. The van der Waals surface area contributed by atoms with Crippen LogP contribution in [-0.2, 0) is 16.5 Å². The Morgan fingerprint density at radius 3 is 2.11 bits per heavy atom. The summed E-state index contributed by atoms with van der Waals surface area (Å²) in [6.45, 7) is 2.21. The van der Waals surface area contributed by atoms with Crippen LogP contribution in [0.3, 0.4) is 0 Å². The van der Waals surface area contributed by atoms with Crippen LogP contribution in [0.5, 0.6) is 17.2 Å². The Morgan fingerprint density at radius 1 is 0.929 bits per heavy atom. The maximum atomic E-state index is 12.2. The number of benzene rings is 2. The second-order valence-electron chi connectivity index (χ2n) is 6.70. The number of hydrogen-bond acceptors (Lipinski definition) is 4. The van der Waals surface area contributed by atoms with Gasteiger partial charge in [0.05, 0.1) is 4.90 Å². The average molecular weight is 431 g/mol. The molecule has 148 valence electrons. The van der Waals surface area contributed by atoms with Gasteiger partial charge in [0.2, 0.25) is 0 Å². The second kappa shape index (κ2) is 13.0. The van der Waals surface area contributed by atoms with Crippen molar-refractivity contribution in [2.24, 2.45) is 0 Å². The Bertz CT molecular complexity index is 819. The predicted octanol–water partition coefficient (Wildman–Crippen LogP) is 2.10. The summed E-state index contributed by atoms with van der Waals surface area (Å²) >= 11 is 0. The minimum atomic E-state index is -4.24. The summed E-state index contributed by atoms with van der Waals surface area (Å²) < 4.78 is 36.6. The molecule has 0 saturated heterocycles. The third kappa shape index (κ3) is 8.94. The molecule has 28 heavy (non-hydrogen) atoms. The standard InChI is InChI=1S/C21H28O5S.K/c1-2-3-4-5-6-7-8-9-17-10-15-21(20(22)16-17)26-18-11-13-19(14-12-18)27(23,24)25;/h10-16,22H,2-9H2,1H3,(H,23,24,25);/q;+1/p-1. The van der Waals surface area contributed by atoms with Crippen LogP contribution in [0.25, 0.3) is 0 Å². The zero-order chi connectivity index (χ0) is 19.7. The van der Waals surface area contributed by atoms with Gasteiger partial charge < -0.3 is 9.84 Å². The third-order valence-electron chi connectivity index (χ3n) is 4.43. The molecule has 0 saturated carbocycles. The quantitative estimate of drug-likeness (QED) is 0.335. The van der Waals surface area contributed by atoms with Crippen LogP contribution < -0.4 is 61.2 Å². The molecule has 0 amide bonds. The molecular formula is C21H27KO5S. The fourth-order valence-corrected chi connectivity index (χ4v) is 3.37. The summed E-state index contributed by atoms with van der Waals surface area (Å²) in [6, 6.07) is 10.4. The zero-order valence-corrected chi connectivity index (χ0v) is 20.6. The molecule has 7 heteroatoms. The minimum absolute atomic E-state index is 0. The Kier molecular flexibility index (Phi) is 11.9. The van der Waals surface area contributed by atoms with Gasteiger partial charge in [0.1, 0.15) is 11.5 Å². The van der Waals surface area contributed by atoms with E-state index in [1.165, 1.54) is 62.8 Å². The van der Waals surface area contributed by atoms with Crippen molar-refractivity contribution >= 4 is 10.1 Å². The molecule has 2 aromatic carbocycles. The molecule has 5 nitrogen and oxygen atoms in total. The molecule has 0 radical (unpaired) electrons. The Balaban J connectivity index is 0.00000392. The molecule has 2 rings (SSSR count). The first-order chi connectivity index (χ1) is 12.9. The van der Waals surface area contributed by atoms with Crippen LogP contribution in [0.4, 0.5) is 0 Å². The summed E-state index contributed by atoms with van der Waals surface area (Å²) in [5.41, 5.74) is 1.00. The van der Waals surface area contributed by atoms with Crippen molar-refractivity contribution in [3.63, 3.8) is 0 Å². The summed E-state index contributed by atoms with van der Waals surface area (Å²) in [6.07, 6.45) is 9.52. The SMILES string of the molecule is CCCCCCCCCc1ccc(Oc2ccc(S(=O)(=O)O)cc2)c([O-])c1.[K+]. The molecule has 0 aliphatic heterocycles. The molecule has 0 fully saturated rings. The van der Waals surface area contributed by atoms with Crippen LogP contribution in [0.1, 0.15) is 57.4 Å². The van der Waals surface area contributed by atoms with E-state index in [1.54, 1.807) is 12.1 Å². The molecule has 0 aliphatic carbocycles. The van der Waals surface area contributed by atoms with Crippen molar-refractivity contribution in [2.75, 3.05) is 0 Å². The molecule has 0 atom stereocenters. The zero-order valence-electron chi connectivity index (χ0n) is 16.7. The fraction of sp³-hybridized carbons (Fsp3) is 0.429. The second-order valence-corrected chi connectivity index (χ2v) is 8.12. The summed E-state index contributed by atoms with van der Waals surface area (Å²) in [5.74, 6) is 0.326. The van der Waals surface area contributed by atoms with Crippen molar-refractivity contribution in [2.45, 2.75) is 63.2 Å². The van der Waals surface area contributed by atoms with Crippen LogP contribution >= 0.6 is 0 Å². The molecule has 2 aromatic rings. The normalized spacial score (nSPS) is 11.1. The third-order valence-corrected chi connectivity index (χ3v) is 5.29. The van der Waals surface area contributed by atoms with Crippen LogP contribution in [0.15, 0.2) is 47.4 Å². The maximum absolute atomic E-state index is 12.2. The Morgan fingerprint density at radius 2 is 1.54 bits per heavy atom. The van der Waals surface area contributed by atoms with Gasteiger partial charge in [0, 0.05) is 0 Å². The van der Waals surface area contributed by atoms with E-state index < -0.39 is 10.1 Å². The first-order valence-corrected chi connectivity index (χ1v) is 10.9. The van der Waals surface area contributed by atoms with Crippen molar-refractivity contribution < 1.29 is 74.2 Å². The van der Waals surface area contributed by atoms with Crippen LogP contribution in [0, 0.1) is 0 Å². The van der Waals surface area contributed by atoms with Gasteiger partial charge in [-0.1, -0.05) is 63.3 Å². The van der Waals surface area contributed by atoms with E-state index in [9.17, 15) is 13.5 Å². The smallest absolute Gasteiger partial charge is 0.870 e. The van der Waals surface area contributed by atoms with Gasteiger partial charge in [-0.15, -0.1) is 0 Å². The van der Waals surface area contributed by atoms with Gasteiger partial charge >= 0.3 is 51.4 Å². The predicted molar refractivity (Wildman–Crippen MR) is 104 cm³/mol. The number of hydrogen-bond donors (Lipinski definition) is 1. The molecular weight excluding hydrogens is 403 g/mol. The molecule has 0 spiro atoms. The van der Waals surface area contributed by atoms with Gasteiger partial charge in [0.15, 0.2) is 0 Å². The molecule has 0 bridgehead atoms. The van der Waals surface area contributed by atoms with Crippen molar-refractivity contribution in [1.29, 1.82) is 0 Å². The van der Waals surface area contributed by atoms with Crippen LogP contribution in [-0.4, -0.2) is 13.0 Å². The monoisotopic (exact) mass is 430 g/mol. The molecule has 0 aromatic heterocycles. The van der Waals surface area contributed by atoms with E-state index in [0.29, 0.717) is 5.75 Å². The van der Waals surface area contributed by atoms with E-state index in [4.69, 9.17) is 9.29 Å². The molecule has 0 unspecified atom stereocenters.